The SMILES string of the molecule is C[Si](C)(C)CCOCn1nc(C(=O)O)c2c(=O)[nH]cnc21. The van der Waals surface area contributed by atoms with Gasteiger partial charge in [-0.3, -0.25) is 4.79 Å². The lowest BCUT2D eigenvalue weighted by Crippen LogP contribution is -2.22. The van der Waals surface area contributed by atoms with E-state index in [1.807, 2.05) is 0 Å². The lowest BCUT2D eigenvalue weighted by molar-refractivity contribution is 0.0675. The Labute approximate surface area is 121 Å². The summed E-state index contributed by atoms with van der Waals surface area (Å²) in [5.74, 6) is -1.26. The van der Waals surface area contributed by atoms with Crippen LogP contribution < -0.4 is 5.56 Å². The Balaban J connectivity index is 2.23. The Hall–Kier alpha value is -2.00. The summed E-state index contributed by atoms with van der Waals surface area (Å²) in [6.07, 6.45) is 1.22. The number of aromatic amines is 1. The van der Waals surface area contributed by atoms with Crippen LogP contribution >= 0.6 is 0 Å². The minimum absolute atomic E-state index is 0.0289. The molecule has 21 heavy (non-hydrogen) atoms. The fraction of sp³-hybridized carbons (Fsp3) is 0.500. The summed E-state index contributed by atoms with van der Waals surface area (Å²) in [6, 6.07) is 0.992. The molecule has 0 spiro atoms. The molecule has 0 aliphatic heterocycles. The first kappa shape index (κ1) is 15.4. The van der Waals surface area contributed by atoms with Crippen molar-refractivity contribution in [3.05, 3.63) is 22.4 Å². The molecule has 9 heteroatoms. The molecule has 2 rings (SSSR count). The van der Waals surface area contributed by atoms with Gasteiger partial charge < -0.3 is 14.8 Å². The van der Waals surface area contributed by atoms with E-state index < -0.39 is 19.6 Å². The van der Waals surface area contributed by atoms with Crippen LogP contribution in [0.15, 0.2) is 11.1 Å². The van der Waals surface area contributed by atoms with Gasteiger partial charge in [0.2, 0.25) is 0 Å². The van der Waals surface area contributed by atoms with E-state index in [9.17, 15) is 9.59 Å². The standard InChI is InChI=1S/C12H18N4O4Si/c1-21(2,3)5-4-20-7-16-10-8(9(15-16)12(18)19)11(17)14-6-13-10/h6H,4-5,7H2,1-3H3,(H,18,19)(H,13,14,17). The van der Waals surface area contributed by atoms with Gasteiger partial charge in [-0.1, -0.05) is 19.6 Å². The molecular weight excluding hydrogens is 292 g/mol. The maximum absolute atomic E-state index is 11.7. The number of rotatable bonds is 6. The molecule has 0 radical (unpaired) electrons. The normalized spacial score (nSPS) is 12.0. The first-order valence-corrected chi connectivity index (χ1v) is 10.3. The van der Waals surface area contributed by atoms with Crippen LogP contribution in [0.1, 0.15) is 10.5 Å². The van der Waals surface area contributed by atoms with Crippen LogP contribution in [0.5, 0.6) is 0 Å². The molecule has 2 N–H and O–H groups in total. The van der Waals surface area contributed by atoms with Gasteiger partial charge in [0.15, 0.2) is 11.3 Å². The van der Waals surface area contributed by atoms with E-state index in [4.69, 9.17) is 9.84 Å². The Kier molecular flexibility index (Phi) is 4.23. The predicted octanol–water partition coefficient (Wildman–Crippen LogP) is 1.13. The average molecular weight is 310 g/mol. The molecule has 0 bridgehead atoms. The second-order valence-electron chi connectivity index (χ2n) is 5.93. The molecule has 0 aliphatic carbocycles. The molecule has 114 valence electrons. The minimum Gasteiger partial charge on any atom is -0.476 e. The van der Waals surface area contributed by atoms with Crippen LogP contribution in [-0.4, -0.2) is 45.5 Å². The number of hydrogen-bond acceptors (Lipinski definition) is 5. The highest BCUT2D eigenvalue weighted by Crippen LogP contribution is 2.13. The van der Waals surface area contributed by atoms with Gasteiger partial charge in [0.05, 0.1) is 6.33 Å². The molecule has 2 heterocycles. The zero-order chi connectivity index (χ0) is 15.6. The molecule has 0 atom stereocenters. The van der Waals surface area contributed by atoms with Crippen LogP contribution in [0.4, 0.5) is 0 Å². The number of nitrogens with one attached hydrogen (secondary N) is 1. The van der Waals surface area contributed by atoms with Crippen molar-refractivity contribution in [3.63, 3.8) is 0 Å². The predicted molar refractivity (Wildman–Crippen MR) is 79.2 cm³/mol. The third kappa shape index (κ3) is 3.55. The fourth-order valence-electron chi connectivity index (χ4n) is 1.79. The monoisotopic (exact) mass is 310 g/mol. The second kappa shape index (κ2) is 5.78. The number of carbonyl (C=O) groups is 1. The van der Waals surface area contributed by atoms with E-state index in [-0.39, 0.29) is 23.5 Å². The second-order valence-corrected chi connectivity index (χ2v) is 11.6. The number of hydrogen-bond donors (Lipinski definition) is 2. The molecule has 0 fully saturated rings. The molecule has 0 aliphatic rings. The van der Waals surface area contributed by atoms with Crippen molar-refractivity contribution in [3.8, 4) is 0 Å². The highest BCUT2D eigenvalue weighted by Gasteiger charge is 2.20. The van der Waals surface area contributed by atoms with Crippen molar-refractivity contribution in [2.75, 3.05) is 6.61 Å². The largest absolute Gasteiger partial charge is 0.476 e. The van der Waals surface area contributed by atoms with Crippen LogP contribution in [0.2, 0.25) is 25.7 Å². The Bertz CT molecular complexity index is 716. The number of carboxylic acid groups (broad SMARTS) is 1. The average Bonchev–Trinajstić information content (AvgIpc) is 2.74. The maximum atomic E-state index is 11.7. The molecule has 0 aromatic carbocycles. The summed E-state index contributed by atoms with van der Waals surface area (Å²) in [4.78, 5) is 29.2. The van der Waals surface area contributed by atoms with Crippen molar-refractivity contribution < 1.29 is 14.6 Å². The summed E-state index contributed by atoms with van der Waals surface area (Å²) < 4.78 is 6.83. The van der Waals surface area contributed by atoms with Crippen molar-refractivity contribution in [1.29, 1.82) is 0 Å². The van der Waals surface area contributed by atoms with Crippen molar-refractivity contribution in [2.24, 2.45) is 0 Å². The molecule has 2 aromatic heterocycles. The van der Waals surface area contributed by atoms with Gasteiger partial charge in [0, 0.05) is 14.7 Å². The number of aromatic nitrogens is 4. The maximum Gasteiger partial charge on any atom is 0.357 e. The van der Waals surface area contributed by atoms with E-state index in [1.165, 1.54) is 11.0 Å². The molecule has 8 nitrogen and oxygen atoms in total. The summed E-state index contributed by atoms with van der Waals surface area (Å²) >= 11 is 0. The molecule has 2 aromatic rings. The Morgan fingerprint density at radius 1 is 1.48 bits per heavy atom. The van der Waals surface area contributed by atoms with E-state index in [2.05, 4.69) is 34.7 Å². The third-order valence-electron chi connectivity index (χ3n) is 2.95. The number of H-pyrrole nitrogens is 1. The zero-order valence-electron chi connectivity index (χ0n) is 12.2. The van der Waals surface area contributed by atoms with Crippen LogP contribution in [0, 0.1) is 0 Å². The van der Waals surface area contributed by atoms with Crippen molar-refractivity contribution in [2.45, 2.75) is 32.4 Å². The van der Waals surface area contributed by atoms with Crippen molar-refractivity contribution >= 4 is 25.1 Å². The fourth-order valence-corrected chi connectivity index (χ4v) is 2.54. The molecule has 0 saturated heterocycles. The van der Waals surface area contributed by atoms with Gasteiger partial charge in [0.1, 0.15) is 12.1 Å². The number of aromatic carboxylic acids is 1. The number of fused-ring (bicyclic) bond motifs is 1. The van der Waals surface area contributed by atoms with E-state index in [0.717, 1.165) is 6.04 Å². The van der Waals surface area contributed by atoms with Crippen LogP contribution in [0.3, 0.4) is 0 Å². The van der Waals surface area contributed by atoms with E-state index >= 15 is 0 Å². The number of ether oxygens (including phenoxy) is 1. The van der Waals surface area contributed by atoms with Crippen LogP contribution in [-0.2, 0) is 11.5 Å². The summed E-state index contributed by atoms with van der Waals surface area (Å²) in [7, 11) is -1.19. The van der Waals surface area contributed by atoms with E-state index in [0.29, 0.717) is 6.61 Å². The topological polar surface area (TPSA) is 110 Å². The number of nitrogens with zero attached hydrogens (tertiary/aromatic N) is 3. The first-order chi connectivity index (χ1) is 9.79. The Morgan fingerprint density at radius 2 is 2.19 bits per heavy atom. The molecule has 0 unspecified atom stereocenters. The van der Waals surface area contributed by atoms with Gasteiger partial charge in [-0.15, -0.1) is 0 Å². The molecule has 0 saturated carbocycles. The summed E-state index contributed by atoms with van der Waals surface area (Å²) in [6.45, 7) is 7.36. The number of carboxylic acids is 1. The summed E-state index contributed by atoms with van der Waals surface area (Å²) in [5, 5.41) is 13.0. The first-order valence-electron chi connectivity index (χ1n) is 6.55. The smallest absolute Gasteiger partial charge is 0.357 e. The van der Waals surface area contributed by atoms with Gasteiger partial charge in [0.25, 0.3) is 5.56 Å². The quantitative estimate of drug-likeness (QED) is 0.611. The van der Waals surface area contributed by atoms with Crippen molar-refractivity contribution in [1.82, 2.24) is 19.7 Å². The molecule has 0 amide bonds. The molecular formula is C12H18N4O4Si. The highest BCUT2D eigenvalue weighted by molar-refractivity contribution is 6.76. The van der Waals surface area contributed by atoms with Gasteiger partial charge in [-0.05, 0) is 6.04 Å². The Morgan fingerprint density at radius 3 is 2.81 bits per heavy atom. The third-order valence-corrected chi connectivity index (χ3v) is 4.65. The highest BCUT2D eigenvalue weighted by atomic mass is 28.3. The van der Waals surface area contributed by atoms with Gasteiger partial charge >= 0.3 is 5.97 Å². The van der Waals surface area contributed by atoms with E-state index in [1.54, 1.807) is 0 Å². The summed E-state index contributed by atoms with van der Waals surface area (Å²) in [5.41, 5.74) is -0.622. The van der Waals surface area contributed by atoms with Gasteiger partial charge in [-0.25, -0.2) is 14.5 Å². The van der Waals surface area contributed by atoms with Crippen LogP contribution in [0.25, 0.3) is 11.0 Å². The lowest BCUT2D eigenvalue weighted by Gasteiger charge is -2.15. The van der Waals surface area contributed by atoms with Gasteiger partial charge in [-0.2, -0.15) is 5.10 Å². The minimum atomic E-state index is -1.26. The zero-order valence-corrected chi connectivity index (χ0v) is 13.2. The lowest BCUT2D eigenvalue weighted by atomic mass is 10.3.